The van der Waals surface area contributed by atoms with E-state index >= 15 is 0 Å². The summed E-state index contributed by atoms with van der Waals surface area (Å²) in [6.07, 6.45) is 1.73. The number of rotatable bonds is 2. The number of ether oxygens (including phenoxy) is 1. The molecule has 0 saturated carbocycles. The molecule has 2 rings (SSSR count). The number of nitrogens with zero attached hydrogens (tertiary/aromatic N) is 1. The van der Waals surface area contributed by atoms with Crippen LogP contribution < -0.4 is 4.74 Å². The summed E-state index contributed by atoms with van der Waals surface area (Å²) in [5.74, 6) is 1.46. The second kappa shape index (κ2) is 5.33. The van der Waals surface area contributed by atoms with Gasteiger partial charge in [0, 0.05) is 11.8 Å². The number of halogens is 1. The maximum absolute atomic E-state index is 5.99. The predicted molar refractivity (Wildman–Crippen MR) is 81.9 cm³/mol. The van der Waals surface area contributed by atoms with E-state index in [0.717, 1.165) is 10.2 Å². The first-order valence-electron chi connectivity index (χ1n) is 6.27. The molecule has 0 aliphatic rings. The largest absolute Gasteiger partial charge is 0.438 e. The fourth-order valence-electron chi connectivity index (χ4n) is 1.88. The van der Waals surface area contributed by atoms with Gasteiger partial charge in [0.05, 0.1) is 4.47 Å². The Hall–Kier alpha value is -1.35. The second-order valence-electron chi connectivity index (χ2n) is 5.64. The molecule has 19 heavy (non-hydrogen) atoms. The highest BCUT2D eigenvalue weighted by Crippen LogP contribution is 2.36. The van der Waals surface area contributed by atoms with Crippen molar-refractivity contribution in [1.29, 1.82) is 0 Å². The fourth-order valence-corrected chi connectivity index (χ4v) is 2.22. The Morgan fingerprint density at radius 2 is 1.89 bits per heavy atom. The standard InChI is InChI=1S/C16H18BrNO/c1-11-7-8-12(16(2,3)4)14(10-11)19-15-13(17)6-5-9-18-15/h5-10H,1-4H3. The van der Waals surface area contributed by atoms with Crippen molar-refractivity contribution >= 4 is 15.9 Å². The predicted octanol–water partition coefficient (Wildman–Crippen LogP) is 5.24. The van der Waals surface area contributed by atoms with Gasteiger partial charge in [-0.3, -0.25) is 0 Å². The first-order chi connectivity index (χ1) is 8.88. The molecule has 0 aliphatic heterocycles. The Labute approximate surface area is 123 Å². The smallest absolute Gasteiger partial charge is 0.233 e. The molecular weight excluding hydrogens is 302 g/mol. The number of hydrogen-bond acceptors (Lipinski definition) is 2. The van der Waals surface area contributed by atoms with Crippen LogP contribution in [0, 0.1) is 6.92 Å². The minimum Gasteiger partial charge on any atom is -0.438 e. The van der Waals surface area contributed by atoms with Crippen molar-refractivity contribution in [3.8, 4) is 11.6 Å². The minimum absolute atomic E-state index is 0.0320. The van der Waals surface area contributed by atoms with E-state index in [9.17, 15) is 0 Å². The molecule has 100 valence electrons. The van der Waals surface area contributed by atoms with Crippen LogP contribution in [-0.2, 0) is 5.41 Å². The van der Waals surface area contributed by atoms with E-state index in [1.54, 1.807) is 6.20 Å². The summed E-state index contributed by atoms with van der Waals surface area (Å²) in [5, 5.41) is 0. The van der Waals surface area contributed by atoms with Gasteiger partial charge in [-0.25, -0.2) is 4.98 Å². The summed E-state index contributed by atoms with van der Waals surface area (Å²) in [4.78, 5) is 4.26. The number of hydrogen-bond donors (Lipinski definition) is 0. The van der Waals surface area contributed by atoms with E-state index in [1.165, 1.54) is 11.1 Å². The molecule has 1 heterocycles. The van der Waals surface area contributed by atoms with Crippen LogP contribution in [0.3, 0.4) is 0 Å². The summed E-state index contributed by atoms with van der Waals surface area (Å²) in [6.45, 7) is 8.60. The minimum atomic E-state index is 0.0320. The maximum Gasteiger partial charge on any atom is 0.233 e. The summed E-state index contributed by atoms with van der Waals surface area (Å²) >= 11 is 3.46. The molecule has 0 spiro atoms. The van der Waals surface area contributed by atoms with Gasteiger partial charge in [-0.2, -0.15) is 0 Å². The van der Waals surface area contributed by atoms with Crippen LogP contribution in [0.1, 0.15) is 31.9 Å². The summed E-state index contributed by atoms with van der Waals surface area (Å²) in [5.41, 5.74) is 2.38. The van der Waals surface area contributed by atoms with Crippen molar-refractivity contribution < 1.29 is 4.74 Å². The van der Waals surface area contributed by atoms with Crippen LogP contribution in [0.2, 0.25) is 0 Å². The first kappa shape index (κ1) is 14.1. The third-order valence-electron chi connectivity index (χ3n) is 2.88. The number of pyridine rings is 1. The topological polar surface area (TPSA) is 22.1 Å². The molecule has 2 aromatic rings. The molecule has 1 aromatic heterocycles. The van der Waals surface area contributed by atoms with E-state index in [-0.39, 0.29) is 5.41 Å². The molecule has 0 amide bonds. The zero-order valence-electron chi connectivity index (χ0n) is 11.7. The quantitative estimate of drug-likeness (QED) is 0.754. The molecule has 0 atom stereocenters. The summed E-state index contributed by atoms with van der Waals surface area (Å²) in [6, 6.07) is 10.1. The lowest BCUT2D eigenvalue weighted by Gasteiger charge is -2.23. The highest BCUT2D eigenvalue weighted by Gasteiger charge is 2.20. The zero-order valence-corrected chi connectivity index (χ0v) is 13.3. The lowest BCUT2D eigenvalue weighted by Crippen LogP contribution is -2.12. The molecule has 3 heteroatoms. The van der Waals surface area contributed by atoms with Gasteiger partial charge in [0.15, 0.2) is 0 Å². The van der Waals surface area contributed by atoms with Crippen molar-refractivity contribution in [3.05, 3.63) is 52.1 Å². The SMILES string of the molecule is Cc1ccc(C(C)(C)C)c(Oc2ncccc2Br)c1. The van der Waals surface area contributed by atoms with Gasteiger partial charge in [0.1, 0.15) is 5.75 Å². The van der Waals surface area contributed by atoms with Gasteiger partial charge < -0.3 is 4.74 Å². The third kappa shape index (κ3) is 3.35. The summed E-state index contributed by atoms with van der Waals surface area (Å²) < 4.78 is 6.85. The highest BCUT2D eigenvalue weighted by atomic mass is 79.9. The average molecular weight is 320 g/mol. The Kier molecular flexibility index (Phi) is 3.95. The van der Waals surface area contributed by atoms with Gasteiger partial charge in [-0.05, 0) is 52.0 Å². The number of aromatic nitrogens is 1. The Morgan fingerprint density at radius 3 is 2.53 bits per heavy atom. The summed E-state index contributed by atoms with van der Waals surface area (Å²) in [7, 11) is 0. The van der Waals surface area contributed by atoms with E-state index < -0.39 is 0 Å². The van der Waals surface area contributed by atoms with Crippen LogP contribution >= 0.6 is 15.9 Å². The van der Waals surface area contributed by atoms with Crippen molar-refractivity contribution in [2.24, 2.45) is 0 Å². The Bertz CT molecular complexity index is 588. The van der Waals surface area contributed by atoms with E-state index in [0.29, 0.717) is 5.88 Å². The lowest BCUT2D eigenvalue weighted by atomic mass is 9.86. The molecule has 1 aromatic carbocycles. The monoisotopic (exact) mass is 319 g/mol. The molecule has 0 aliphatic carbocycles. The van der Waals surface area contributed by atoms with Crippen molar-refractivity contribution in [2.45, 2.75) is 33.1 Å². The van der Waals surface area contributed by atoms with Gasteiger partial charge in [0.25, 0.3) is 0 Å². The molecule has 0 N–H and O–H groups in total. The van der Waals surface area contributed by atoms with Gasteiger partial charge >= 0.3 is 0 Å². The van der Waals surface area contributed by atoms with Gasteiger partial charge in [0.2, 0.25) is 5.88 Å². The van der Waals surface area contributed by atoms with E-state index in [4.69, 9.17) is 4.74 Å². The molecule has 0 radical (unpaired) electrons. The van der Waals surface area contributed by atoms with E-state index in [1.807, 2.05) is 12.1 Å². The van der Waals surface area contributed by atoms with Crippen molar-refractivity contribution in [1.82, 2.24) is 4.98 Å². The molecule has 0 bridgehead atoms. The van der Waals surface area contributed by atoms with Crippen molar-refractivity contribution in [3.63, 3.8) is 0 Å². The van der Waals surface area contributed by atoms with E-state index in [2.05, 4.69) is 66.8 Å². The zero-order chi connectivity index (χ0) is 14.0. The number of aryl methyl sites for hydroxylation is 1. The third-order valence-corrected chi connectivity index (χ3v) is 3.48. The maximum atomic E-state index is 5.99. The van der Waals surface area contributed by atoms with Gasteiger partial charge in [-0.1, -0.05) is 32.9 Å². The fraction of sp³-hybridized carbons (Fsp3) is 0.312. The molecule has 0 fully saturated rings. The molecule has 0 saturated heterocycles. The second-order valence-corrected chi connectivity index (χ2v) is 6.50. The lowest BCUT2D eigenvalue weighted by molar-refractivity contribution is 0.437. The van der Waals surface area contributed by atoms with Crippen LogP contribution in [0.5, 0.6) is 11.6 Å². The Morgan fingerprint density at radius 1 is 1.16 bits per heavy atom. The molecule has 2 nitrogen and oxygen atoms in total. The molecule has 0 unspecified atom stereocenters. The first-order valence-corrected chi connectivity index (χ1v) is 7.07. The van der Waals surface area contributed by atoms with Crippen LogP contribution in [0.25, 0.3) is 0 Å². The number of benzene rings is 1. The van der Waals surface area contributed by atoms with Gasteiger partial charge in [-0.15, -0.1) is 0 Å². The van der Waals surface area contributed by atoms with Crippen molar-refractivity contribution in [2.75, 3.05) is 0 Å². The average Bonchev–Trinajstić information content (AvgIpc) is 2.30. The Balaban J connectivity index is 2.45. The normalized spacial score (nSPS) is 11.4. The van der Waals surface area contributed by atoms with Crippen LogP contribution in [-0.4, -0.2) is 4.98 Å². The van der Waals surface area contributed by atoms with Crippen LogP contribution in [0.4, 0.5) is 0 Å². The highest BCUT2D eigenvalue weighted by molar-refractivity contribution is 9.10. The molecular formula is C16H18BrNO. The van der Waals surface area contributed by atoms with Crippen LogP contribution in [0.15, 0.2) is 41.0 Å².